The first-order valence-corrected chi connectivity index (χ1v) is 8.58. The van der Waals surface area contributed by atoms with Crippen molar-refractivity contribution in [3.05, 3.63) is 57.5 Å². The van der Waals surface area contributed by atoms with Crippen LogP contribution < -0.4 is 15.6 Å². The van der Waals surface area contributed by atoms with Gasteiger partial charge in [-0.1, -0.05) is 6.07 Å². The lowest BCUT2D eigenvalue weighted by molar-refractivity contribution is -0.123. The predicted molar refractivity (Wildman–Crippen MR) is 94.9 cm³/mol. The first kappa shape index (κ1) is 17.2. The molecule has 0 saturated heterocycles. The number of hydrogen-bond donors (Lipinski definition) is 1. The van der Waals surface area contributed by atoms with Gasteiger partial charge in [0.25, 0.3) is 11.5 Å². The van der Waals surface area contributed by atoms with E-state index in [2.05, 4.69) is 10.4 Å². The van der Waals surface area contributed by atoms with Gasteiger partial charge in [-0.15, -0.1) is 0 Å². The molecule has 3 rings (SSSR count). The summed E-state index contributed by atoms with van der Waals surface area (Å²) >= 11 is 0. The Bertz CT molecular complexity index is 825. The van der Waals surface area contributed by atoms with Crippen LogP contribution in [-0.2, 0) is 11.3 Å². The van der Waals surface area contributed by atoms with E-state index in [-0.39, 0.29) is 18.1 Å². The fraction of sp³-hybridized carbons (Fsp3) is 0.421. The van der Waals surface area contributed by atoms with Crippen LogP contribution in [-0.4, -0.2) is 28.8 Å². The molecule has 1 fully saturated rings. The zero-order chi connectivity index (χ0) is 17.8. The molecule has 0 bridgehead atoms. The number of ether oxygens (including phenoxy) is 1. The highest BCUT2D eigenvalue weighted by molar-refractivity contribution is 5.77. The molecule has 1 saturated carbocycles. The van der Waals surface area contributed by atoms with Crippen LogP contribution in [0.4, 0.5) is 0 Å². The molecule has 1 aromatic carbocycles. The van der Waals surface area contributed by atoms with E-state index in [0.717, 1.165) is 24.1 Å². The fourth-order valence-electron chi connectivity index (χ4n) is 2.53. The molecule has 6 heteroatoms. The van der Waals surface area contributed by atoms with Crippen molar-refractivity contribution < 1.29 is 9.53 Å². The molecule has 25 heavy (non-hydrogen) atoms. The smallest absolute Gasteiger partial charge is 0.266 e. The third-order valence-electron chi connectivity index (χ3n) is 4.38. The van der Waals surface area contributed by atoms with Crippen molar-refractivity contribution in [1.82, 2.24) is 15.1 Å². The molecular formula is C19H23N3O3. The van der Waals surface area contributed by atoms with Crippen LogP contribution in [0.15, 0.2) is 35.1 Å². The summed E-state index contributed by atoms with van der Waals surface area (Å²) in [6, 6.07) is 9.07. The van der Waals surface area contributed by atoms with Gasteiger partial charge in [0.05, 0.1) is 12.2 Å². The molecule has 0 spiro atoms. The molecule has 1 amide bonds. The third-order valence-corrected chi connectivity index (χ3v) is 4.38. The molecule has 0 radical (unpaired) electrons. The van der Waals surface area contributed by atoms with Crippen LogP contribution in [0.5, 0.6) is 5.75 Å². The first-order valence-electron chi connectivity index (χ1n) is 8.58. The first-order chi connectivity index (χ1) is 12.0. The Hall–Kier alpha value is -2.63. The number of hydrogen-bond acceptors (Lipinski definition) is 4. The summed E-state index contributed by atoms with van der Waals surface area (Å²) in [5.41, 5.74) is 3.12. The van der Waals surface area contributed by atoms with E-state index in [1.165, 1.54) is 10.2 Å². The number of aryl methyl sites for hydroxylation is 2. The minimum atomic E-state index is -0.218. The van der Waals surface area contributed by atoms with Gasteiger partial charge >= 0.3 is 0 Å². The third kappa shape index (κ3) is 4.68. The van der Waals surface area contributed by atoms with E-state index >= 15 is 0 Å². The number of nitrogens with one attached hydrogen (secondary N) is 1. The van der Waals surface area contributed by atoms with Gasteiger partial charge in [0, 0.05) is 18.5 Å². The van der Waals surface area contributed by atoms with Gasteiger partial charge in [0.15, 0.2) is 6.61 Å². The topological polar surface area (TPSA) is 73.2 Å². The number of carbonyl (C=O) groups is 1. The average molecular weight is 341 g/mol. The highest BCUT2D eigenvalue weighted by Crippen LogP contribution is 2.38. The van der Waals surface area contributed by atoms with Crippen molar-refractivity contribution >= 4 is 5.91 Å². The number of aromatic nitrogens is 2. The Morgan fingerprint density at radius 3 is 2.76 bits per heavy atom. The van der Waals surface area contributed by atoms with Crippen LogP contribution in [0.1, 0.15) is 35.6 Å². The van der Waals surface area contributed by atoms with Gasteiger partial charge in [0.2, 0.25) is 0 Å². The highest BCUT2D eigenvalue weighted by Gasteiger charge is 2.25. The van der Waals surface area contributed by atoms with Gasteiger partial charge in [0.1, 0.15) is 5.75 Å². The molecule has 6 nitrogen and oxygen atoms in total. The van der Waals surface area contributed by atoms with Crippen LogP contribution >= 0.6 is 0 Å². The van der Waals surface area contributed by atoms with Gasteiger partial charge in [-0.2, -0.15) is 5.10 Å². The molecule has 0 atom stereocenters. The molecular weight excluding hydrogens is 318 g/mol. The lowest BCUT2D eigenvalue weighted by Crippen LogP contribution is -2.34. The number of carbonyl (C=O) groups excluding carboxylic acids is 1. The van der Waals surface area contributed by atoms with E-state index < -0.39 is 0 Å². The number of benzene rings is 1. The largest absolute Gasteiger partial charge is 0.484 e. The summed E-state index contributed by atoms with van der Waals surface area (Å²) in [5.74, 6) is 0.950. The molecule has 1 aliphatic rings. The monoisotopic (exact) mass is 341 g/mol. The Morgan fingerprint density at radius 2 is 2.04 bits per heavy atom. The second kappa shape index (κ2) is 7.51. The summed E-state index contributed by atoms with van der Waals surface area (Å²) in [4.78, 5) is 23.7. The maximum Gasteiger partial charge on any atom is 0.266 e. The zero-order valence-electron chi connectivity index (χ0n) is 14.6. The van der Waals surface area contributed by atoms with Gasteiger partial charge in [-0.05, 0) is 56.0 Å². The molecule has 132 valence electrons. The highest BCUT2D eigenvalue weighted by atomic mass is 16.5. The van der Waals surface area contributed by atoms with Crippen molar-refractivity contribution in [3.8, 4) is 5.75 Å². The van der Waals surface area contributed by atoms with Crippen LogP contribution in [0.25, 0.3) is 0 Å². The lowest BCUT2D eigenvalue weighted by atomic mass is 10.1. The summed E-state index contributed by atoms with van der Waals surface area (Å²) in [5, 5.41) is 7.12. The van der Waals surface area contributed by atoms with Crippen LogP contribution in [0, 0.1) is 13.8 Å². The lowest BCUT2D eigenvalue weighted by Gasteiger charge is -2.10. The number of nitrogens with zero attached hydrogens (tertiary/aromatic N) is 2. The minimum absolute atomic E-state index is 0.0487. The SMILES string of the molecule is Cc1ccc(OCC(=O)NCCn2nc(C3CC3)ccc2=O)cc1C. The zero-order valence-corrected chi connectivity index (χ0v) is 14.6. The van der Waals surface area contributed by atoms with Gasteiger partial charge in [-0.25, -0.2) is 4.68 Å². The molecule has 1 N–H and O–H groups in total. The normalized spacial score (nSPS) is 13.5. The van der Waals surface area contributed by atoms with E-state index in [0.29, 0.717) is 24.8 Å². The molecule has 1 heterocycles. The number of amides is 1. The summed E-state index contributed by atoms with van der Waals surface area (Å²) in [6.45, 7) is 4.68. The van der Waals surface area contributed by atoms with Gasteiger partial charge in [-0.3, -0.25) is 9.59 Å². The van der Waals surface area contributed by atoms with Crippen LogP contribution in [0.2, 0.25) is 0 Å². The predicted octanol–water partition coefficient (Wildman–Crippen LogP) is 1.93. The van der Waals surface area contributed by atoms with E-state index in [1.54, 1.807) is 12.1 Å². The second-order valence-corrected chi connectivity index (χ2v) is 6.48. The second-order valence-electron chi connectivity index (χ2n) is 6.48. The summed E-state index contributed by atoms with van der Waals surface area (Å²) in [7, 11) is 0. The van der Waals surface area contributed by atoms with Gasteiger partial charge < -0.3 is 10.1 Å². The molecule has 2 aromatic rings. The summed E-state index contributed by atoms with van der Waals surface area (Å²) < 4.78 is 6.91. The molecule has 1 aromatic heterocycles. The Morgan fingerprint density at radius 1 is 1.24 bits per heavy atom. The maximum atomic E-state index is 11.9. The van der Waals surface area contributed by atoms with E-state index in [9.17, 15) is 9.59 Å². The van der Waals surface area contributed by atoms with Crippen molar-refractivity contribution in [2.24, 2.45) is 0 Å². The van der Waals surface area contributed by atoms with Crippen LogP contribution in [0.3, 0.4) is 0 Å². The fourth-order valence-corrected chi connectivity index (χ4v) is 2.53. The van der Waals surface area contributed by atoms with Crippen molar-refractivity contribution in [2.75, 3.05) is 13.2 Å². The Balaban J connectivity index is 1.45. The Labute approximate surface area is 146 Å². The average Bonchev–Trinajstić information content (AvgIpc) is 3.43. The van der Waals surface area contributed by atoms with E-state index in [4.69, 9.17) is 4.74 Å². The summed E-state index contributed by atoms with van der Waals surface area (Å²) in [6.07, 6.45) is 2.27. The van der Waals surface area contributed by atoms with Crippen molar-refractivity contribution in [1.29, 1.82) is 0 Å². The maximum absolute atomic E-state index is 11.9. The minimum Gasteiger partial charge on any atom is -0.484 e. The standard InChI is InChI=1S/C19H23N3O3/c1-13-3-6-16(11-14(13)2)25-12-18(23)20-9-10-22-19(24)8-7-17(21-22)15-4-5-15/h3,6-8,11,15H,4-5,9-10,12H2,1-2H3,(H,20,23). The number of rotatable bonds is 7. The quantitative estimate of drug-likeness (QED) is 0.835. The van der Waals surface area contributed by atoms with Crippen molar-refractivity contribution in [2.45, 2.75) is 39.2 Å². The van der Waals surface area contributed by atoms with E-state index in [1.807, 2.05) is 32.0 Å². The molecule has 1 aliphatic carbocycles. The molecule has 0 aliphatic heterocycles. The molecule has 0 unspecified atom stereocenters. The Kier molecular flexibility index (Phi) is 5.16. The van der Waals surface area contributed by atoms with Crippen molar-refractivity contribution in [3.63, 3.8) is 0 Å².